The highest BCUT2D eigenvalue weighted by atomic mass is 35.5. The Labute approximate surface area is 115 Å². The van der Waals surface area contributed by atoms with Crippen LogP contribution < -0.4 is 4.74 Å². The molecule has 0 saturated heterocycles. The lowest BCUT2D eigenvalue weighted by atomic mass is 9.90. The Hall–Kier alpha value is -0.760. The number of halogens is 1. The topological polar surface area (TPSA) is 22.1 Å². The van der Waals surface area contributed by atoms with Gasteiger partial charge in [-0.25, -0.2) is 4.98 Å². The molecule has 1 aliphatic rings. The third kappa shape index (κ3) is 3.88. The van der Waals surface area contributed by atoms with Gasteiger partial charge in [-0.15, -0.1) is 11.6 Å². The zero-order valence-corrected chi connectivity index (χ0v) is 11.9. The minimum absolute atomic E-state index is 0.523. The van der Waals surface area contributed by atoms with Crippen LogP contribution in [-0.4, -0.2) is 11.6 Å². The fourth-order valence-electron chi connectivity index (χ4n) is 2.51. The third-order valence-corrected chi connectivity index (χ3v) is 3.93. The molecule has 18 heavy (non-hydrogen) atoms. The fourth-order valence-corrected chi connectivity index (χ4v) is 2.66. The van der Waals surface area contributed by atoms with Crippen molar-refractivity contribution in [1.29, 1.82) is 0 Å². The summed E-state index contributed by atoms with van der Waals surface area (Å²) < 4.78 is 5.86. The highest BCUT2D eigenvalue weighted by Gasteiger charge is 2.14. The number of aryl methyl sites for hydroxylation is 1. The molecule has 1 aromatic heterocycles. The van der Waals surface area contributed by atoms with Crippen LogP contribution in [0.5, 0.6) is 5.88 Å². The van der Waals surface area contributed by atoms with Crippen LogP contribution in [0.1, 0.15) is 50.3 Å². The summed E-state index contributed by atoms with van der Waals surface area (Å²) in [6.07, 6.45) is 7.61. The molecule has 0 amide bonds. The zero-order chi connectivity index (χ0) is 12.8. The van der Waals surface area contributed by atoms with E-state index in [-0.39, 0.29) is 0 Å². The lowest BCUT2D eigenvalue weighted by Crippen LogP contribution is -2.16. The van der Waals surface area contributed by atoms with Gasteiger partial charge in [0, 0.05) is 17.6 Å². The second-order valence-electron chi connectivity index (χ2n) is 5.11. The van der Waals surface area contributed by atoms with Crippen molar-refractivity contribution < 1.29 is 4.74 Å². The Bertz CT molecular complexity index is 353. The lowest BCUT2D eigenvalue weighted by molar-refractivity contribution is 0.202. The number of hydrogen-bond donors (Lipinski definition) is 0. The van der Waals surface area contributed by atoms with E-state index in [1.807, 2.05) is 6.07 Å². The number of nitrogens with zero attached hydrogens (tertiary/aromatic N) is 1. The fraction of sp³-hybridized carbons (Fsp3) is 0.667. The number of rotatable bonds is 5. The van der Waals surface area contributed by atoms with Crippen LogP contribution in [0.4, 0.5) is 0 Å². The highest BCUT2D eigenvalue weighted by molar-refractivity contribution is 6.17. The van der Waals surface area contributed by atoms with Crippen molar-refractivity contribution in [3.63, 3.8) is 0 Å². The summed E-state index contributed by atoms with van der Waals surface area (Å²) >= 11 is 5.89. The first-order valence-corrected chi connectivity index (χ1v) is 7.54. The number of aromatic nitrogens is 1. The van der Waals surface area contributed by atoms with Gasteiger partial charge in [-0.05, 0) is 36.8 Å². The van der Waals surface area contributed by atoms with Crippen molar-refractivity contribution in [1.82, 2.24) is 4.98 Å². The maximum absolute atomic E-state index is 5.89. The largest absolute Gasteiger partial charge is 0.477 e. The molecule has 0 N–H and O–H groups in total. The average molecular weight is 268 g/mol. The van der Waals surface area contributed by atoms with Gasteiger partial charge >= 0.3 is 0 Å². The molecule has 2 rings (SSSR count). The smallest absolute Gasteiger partial charge is 0.213 e. The highest BCUT2D eigenvalue weighted by Crippen LogP contribution is 2.24. The molecule has 0 aliphatic heterocycles. The third-order valence-electron chi connectivity index (χ3n) is 3.62. The molecule has 0 atom stereocenters. The van der Waals surface area contributed by atoms with Crippen LogP contribution in [0.15, 0.2) is 12.1 Å². The summed E-state index contributed by atoms with van der Waals surface area (Å²) in [6.45, 7) is 2.91. The average Bonchev–Trinajstić information content (AvgIpc) is 2.45. The van der Waals surface area contributed by atoms with Crippen molar-refractivity contribution >= 4 is 11.6 Å². The number of pyridine rings is 1. The molecule has 1 heterocycles. The first kappa shape index (κ1) is 13.7. The van der Waals surface area contributed by atoms with E-state index in [2.05, 4.69) is 18.0 Å². The van der Waals surface area contributed by atoms with Gasteiger partial charge in [-0.3, -0.25) is 0 Å². The molecule has 2 nitrogen and oxygen atoms in total. The molecule has 3 heteroatoms. The van der Waals surface area contributed by atoms with E-state index < -0.39 is 0 Å². The Morgan fingerprint density at radius 1 is 1.28 bits per heavy atom. The summed E-state index contributed by atoms with van der Waals surface area (Å²) in [5.41, 5.74) is 2.16. The van der Waals surface area contributed by atoms with Gasteiger partial charge < -0.3 is 4.74 Å². The van der Waals surface area contributed by atoms with E-state index in [0.717, 1.165) is 30.2 Å². The SMILES string of the molecule is CCc1cc(CCl)cc(OCC2CCCCC2)n1. The molecule has 0 spiro atoms. The van der Waals surface area contributed by atoms with Crippen molar-refractivity contribution in [2.24, 2.45) is 5.92 Å². The van der Waals surface area contributed by atoms with E-state index in [1.54, 1.807) is 0 Å². The summed E-state index contributed by atoms with van der Waals surface area (Å²) in [7, 11) is 0. The quantitative estimate of drug-likeness (QED) is 0.741. The predicted octanol–water partition coefficient (Wildman–Crippen LogP) is 4.34. The number of ether oxygens (including phenoxy) is 1. The van der Waals surface area contributed by atoms with Crippen LogP contribution in [-0.2, 0) is 12.3 Å². The summed E-state index contributed by atoms with van der Waals surface area (Å²) in [4.78, 5) is 4.50. The molecule has 1 aliphatic carbocycles. The molecular weight excluding hydrogens is 246 g/mol. The molecule has 1 fully saturated rings. The summed E-state index contributed by atoms with van der Waals surface area (Å²) in [5, 5.41) is 0. The van der Waals surface area contributed by atoms with Crippen molar-refractivity contribution in [3.05, 3.63) is 23.4 Å². The van der Waals surface area contributed by atoms with Gasteiger partial charge in [0.2, 0.25) is 5.88 Å². The minimum atomic E-state index is 0.523. The molecule has 100 valence electrons. The molecule has 1 aromatic rings. The first-order chi connectivity index (χ1) is 8.81. The molecule has 1 saturated carbocycles. The second-order valence-corrected chi connectivity index (χ2v) is 5.37. The first-order valence-electron chi connectivity index (χ1n) is 7.00. The Kier molecular flexibility index (Phi) is 5.30. The van der Waals surface area contributed by atoms with Crippen molar-refractivity contribution in [3.8, 4) is 5.88 Å². The van der Waals surface area contributed by atoms with Crippen molar-refractivity contribution in [2.75, 3.05) is 6.61 Å². The number of hydrogen-bond acceptors (Lipinski definition) is 2. The zero-order valence-electron chi connectivity index (χ0n) is 11.1. The van der Waals surface area contributed by atoms with Gasteiger partial charge in [0.05, 0.1) is 6.61 Å². The maximum atomic E-state index is 5.89. The molecule has 0 radical (unpaired) electrons. The molecule has 0 aromatic carbocycles. The van der Waals surface area contributed by atoms with Crippen LogP contribution in [0.25, 0.3) is 0 Å². The van der Waals surface area contributed by atoms with Gasteiger partial charge in [-0.1, -0.05) is 26.2 Å². The summed E-state index contributed by atoms with van der Waals surface area (Å²) in [5.74, 6) is 1.98. The minimum Gasteiger partial charge on any atom is -0.477 e. The summed E-state index contributed by atoms with van der Waals surface area (Å²) in [6, 6.07) is 4.02. The maximum Gasteiger partial charge on any atom is 0.213 e. The second kappa shape index (κ2) is 6.98. The lowest BCUT2D eigenvalue weighted by Gasteiger charge is -2.21. The van der Waals surface area contributed by atoms with Crippen LogP contribution in [0.3, 0.4) is 0 Å². The van der Waals surface area contributed by atoms with Crippen LogP contribution in [0, 0.1) is 5.92 Å². The van der Waals surface area contributed by atoms with Gasteiger partial charge in [-0.2, -0.15) is 0 Å². The number of alkyl halides is 1. The molecule has 0 bridgehead atoms. The molecular formula is C15H22ClNO. The van der Waals surface area contributed by atoms with E-state index in [1.165, 1.54) is 32.1 Å². The van der Waals surface area contributed by atoms with Crippen molar-refractivity contribution in [2.45, 2.75) is 51.3 Å². The monoisotopic (exact) mass is 267 g/mol. The Morgan fingerprint density at radius 3 is 2.72 bits per heavy atom. The van der Waals surface area contributed by atoms with E-state index >= 15 is 0 Å². The van der Waals surface area contributed by atoms with Gasteiger partial charge in [0.25, 0.3) is 0 Å². The van der Waals surface area contributed by atoms with E-state index in [0.29, 0.717) is 11.8 Å². The molecule has 0 unspecified atom stereocenters. The van der Waals surface area contributed by atoms with Crippen LogP contribution >= 0.6 is 11.6 Å². The Morgan fingerprint density at radius 2 is 2.06 bits per heavy atom. The predicted molar refractivity (Wildman–Crippen MR) is 75.2 cm³/mol. The van der Waals surface area contributed by atoms with Crippen LogP contribution in [0.2, 0.25) is 0 Å². The van der Waals surface area contributed by atoms with Gasteiger partial charge in [0.15, 0.2) is 0 Å². The van der Waals surface area contributed by atoms with E-state index in [9.17, 15) is 0 Å². The standard InChI is InChI=1S/C15H22ClNO/c1-2-14-8-13(10-16)9-15(17-14)18-11-12-6-4-3-5-7-12/h8-9,12H,2-7,10-11H2,1H3. The van der Waals surface area contributed by atoms with Gasteiger partial charge in [0.1, 0.15) is 0 Å². The van der Waals surface area contributed by atoms with E-state index in [4.69, 9.17) is 16.3 Å². The Balaban J connectivity index is 1.94. The normalized spacial score (nSPS) is 16.8.